The quantitative estimate of drug-likeness (QED) is 0.513. The van der Waals surface area contributed by atoms with E-state index in [1.807, 2.05) is 29.8 Å². The van der Waals surface area contributed by atoms with Gasteiger partial charge in [-0.3, -0.25) is 4.79 Å². The molecule has 0 radical (unpaired) electrons. The molecule has 1 aliphatic rings. The topological polar surface area (TPSA) is 64.7 Å². The van der Waals surface area contributed by atoms with Crippen LogP contribution in [0.5, 0.6) is 0 Å². The zero-order chi connectivity index (χ0) is 21.5. The SMILES string of the molecule is Cn1c(CCNC(=O)c2nn(-c3ccccc3F)c3c2CCC3)nc2cc(Cl)ccc21. The van der Waals surface area contributed by atoms with Crippen molar-refractivity contribution in [2.75, 3.05) is 6.54 Å². The number of nitrogens with zero attached hydrogens (tertiary/aromatic N) is 4. The molecule has 6 nitrogen and oxygen atoms in total. The molecule has 31 heavy (non-hydrogen) atoms. The van der Waals surface area contributed by atoms with Crippen molar-refractivity contribution in [1.29, 1.82) is 0 Å². The molecule has 1 amide bonds. The molecule has 5 rings (SSSR count). The molecule has 8 heteroatoms. The number of fused-ring (bicyclic) bond motifs is 2. The summed E-state index contributed by atoms with van der Waals surface area (Å²) in [5, 5.41) is 8.07. The van der Waals surface area contributed by atoms with Crippen LogP contribution in [0.15, 0.2) is 42.5 Å². The van der Waals surface area contributed by atoms with E-state index in [2.05, 4.69) is 15.4 Å². The monoisotopic (exact) mass is 437 g/mol. The molecule has 0 atom stereocenters. The number of nitrogens with one attached hydrogen (secondary N) is 1. The minimum atomic E-state index is -0.353. The zero-order valence-electron chi connectivity index (χ0n) is 17.0. The molecule has 1 aliphatic carbocycles. The Labute approximate surface area is 183 Å². The Morgan fingerprint density at radius 1 is 1.23 bits per heavy atom. The molecule has 0 spiro atoms. The summed E-state index contributed by atoms with van der Waals surface area (Å²) in [6, 6.07) is 12.1. The van der Waals surface area contributed by atoms with Gasteiger partial charge in [0, 0.05) is 36.3 Å². The Kier molecular flexibility index (Phi) is 4.98. The Morgan fingerprint density at radius 2 is 2.06 bits per heavy atom. The fourth-order valence-corrected chi connectivity index (χ4v) is 4.43. The second kappa shape index (κ2) is 7.81. The number of rotatable bonds is 5. The zero-order valence-corrected chi connectivity index (χ0v) is 17.8. The predicted octanol–water partition coefficient (Wildman–Crippen LogP) is 4.01. The number of para-hydroxylation sites is 1. The standard InChI is InChI=1S/C23H21ClFN5O/c1-29-20-10-9-14(24)13-17(20)27-21(29)11-12-26-23(31)22-15-5-4-8-18(15)30(28-22)19-7-3-2-6-16(19)25/h2-3,6-7,9-10,13H,4-5,8,11-12H2,1H3,(H,26,31). The lowest BCUT2D eigenvalue weighted by molar-refractivity contribution is 0.0947. The number of hydrogen-bond acceptors (Lipinski definition) is 3. The summed E-state index contributed by atoms with van der Waals surface area (Å²) in [7, 11) is 1.95. The van der Waals surface area contributed by atoms with Gasteiger partial charge in [-0.1, -0.05) is 23.7 Å². The summed E-state index contributed by atoms with van der Waals surface area (Å²) in [5.41, 5.74) is 4.41. The number of aryl methyl sites for hydroxylation is 1. The van der Waals surface area contributed by atoms with Crippen molar-refractivity contribution >= 4 is 28.5 Å². The molecule has 0 fully saturated rings. The van der Waals surface area contributed by atoms with E-state index >= 15 is 0 Å². The summed E-state index contributed by atoms with van der Waals surface area (Å²) in [4.78, 5) is 17.5. The number of carbonyl (C=O) groups is 1. The Hall–Kier alpha value is -3.19. The molecule has 0 unspecified atom stereocenters. The van der Waals surface area contributed by atoms with Crippen LogP contribution in [0.1, 0.15) is 34.0 Å². The third-order valence-corrected chi connectivity index (χ3v) is 6.03. The highest BCUT2D eigenvalue weighted by Gasteiger charge is 2.27. The number of aromatic nitrogens is 4. The van der Waals surface area contributed by atoms with Crippen LogP contribution in [0, 0.1) is 5.82 Å². The third kappa shape index (κ3) is 3.49. The van der Waals surface area contributed by atoms with Gasteiger partial charge in [-0.25, -0.2) is 14.1 Å². The maximum atomic E-state index is 14.3. The number of hydrogen-bond donors (Lipinski definition) is 1. The van der Waals surface area contributed by atoms with Crippen molar-refractivity contribution in [3.63, 3.8) is 0 Å². The maximum absolute atomic E-state index is 14.3. The van der Waals surface area contributed by atoms with Crippen molar-refractivity contribution in [2.45, 2.75) is 25.7 Å². The predicted molar refractivity (Wildman–Crippen MR) is 117 cm³/mol. The molecule has 2 aromatic heterocycles. The van der Waals surface area contributed by atoms with Gasteiger partial charge >= 0.3 is 0 Å². The normalized spacial score (nSPS) is 13.0. The summed E-state index contributed by atoms with van der Waals surface area (Å²) >= 11 is 6.06. The van der Waals surface area contributed by atoms with Crippen molar-refractivity contribution < 1.29 is 9.18 Å². The lowest BCUT2D eigenvalue weighted by Crippen LogP contribution is -2.27. The van der Waals surface area contributed by atoms with E-state index in [1.54, 1.807) is 22.9 Å². The van der Waals surface area contributed by atoms with E-state index in [1.165, 1.54) is 6.07 Å². The molecule has 0 saturated carbocycles. The van der Waals surface area contributed by atoms with E-state index in [-0.39, 0.29) is 11.7 Å². The van der Waals surface area contributed by atoms with Gasteiger partial charge in [0.15, 0.2) is 5.69 Å². The number of carbonyl (C=O) groups excluding carboxylic acids is 1. The molecule has 4 aromatic rings. The second-order valence-corrected chi connectivity index (χ2v) is 8.15. The summed E-state index contributed by atoms with van der Waals surface area (Å²) in [6.45, 7) is 0.422. The van der Waals surface area contributed by atoms with Crippen LogP contribution in [-0.4, -0.2) is 31.8 Å². The lowest BCUT2D eigenvalue weighted by atomic mass is 10.2. The van der Waals surface area contributed by atoms with Crippen LogP contribution >= 0.6 is 11.6 Å². The molecule has 0 aliphatic heterocycles. The minimum Gasteiger partial charge on any atom is -0.350 e. The summed E-state index contributed by atoms with van der Waals surface area (Å²) < 4.78 is 17.9. The fraction of sp³-hybridized carbons (Fsp3) is 0.261. The molecule has 0 bridgehead atoms. The molecule has 2 heterocycles. The van der Waals surface area contributed by atoms with Crippen LogP contribution < -0.4 is 5.32 Å². The number of halogens is 2. The lowest BCUT2D eigenvalue weighted by Gasteiger charge is -2.06. The average molecular weight is 438 g/mol. The van der Waals surface area contributed by atoms with Gasteiger partial charge in [-0.2, -0.15) is 5.10 Å². The Balaban J connectivity index is 1.34. The number of amides is 1. The highest BCUT2D eigenvalue weighted by atomic mass is 35.5. The summed E-state index contributed by atoms with van der Waals surface area (Å²) in [6.07, 6.45) is 3.07. The maximum Gasteiger partial charge on any atom is 0.272 e. The van der Waals surface area contributed by atoms with Crippen molar-refractivity contribution in [3.8, 4) is 5.69 Å². The number of imidazole rings is 1. The van der Waals surface area contributed by atoms with Crippen molar-refractivity contribution in [1.82, 2.24) is 24.6 Å². The molecular formula is C23H21ClFN5O. The second-order valence-electron chi connectivity index (χ2n) is 7.72. The highest BCUT2D eigenvalue weighted by molar-refractivity contribution is 6.31. The van der Waals surface area contributed by atoms with E-state index in [4.69, 9.17) is 11.6 Å². The van der Waals surface area contributed by atoms with Crippen LogP contribution in [0.4, 0.5) is 4.39 Å². The molecular weight excluding hydrogens is 417 g/mol. The fourth-order valence-electron chi connectivity index (χ4n) is 4.26. The van der Waals surface area contributed by atoms with Crippen molar-refractivity contribution in [3.05, 3.63) is 76.1 Å². The van der Waals surface area contributed by atoms with Crippen molar-refractivity contribution in [2.24, 2.45) is 7.05 Å². The van der Waals surface area contributed by atoms with Crippen LogP contribution in [0.3, 0.4) is 0 Å². The molecule has 0 saturated heterocycles. The van der Waals surface area contributed by atoms with Crippen LogP contribution in [0.25, 0.3) is 16.7 Å². The molecule has 158 valence electrons. The van der Waals surface area contributed by atoms with Crippen LogP contribution in [0.2, 0.25) is 5.02 Å². The smallest absolute Gasteiger partial charge is 0.272 e. The minimum absolute atomic E-state index is 0.241. The summed E-state index contributed by atoms with van der Waals surface area (Å²) in [5.74, 6) is 0.267. The van der Waals surface area contributed by atoms with Gasteiger partial charge in [0.25, 0.3) is 5.91 Å². The van der Waals surface area contributed by atoms with Gasteiger partial charge < -0.3 is 9.88 Å². The van der Waals surface area contributed by atoms with E-state index in [9.17, 15) is 9.18 Å². The first kappa shape index (κ1) is 19.8. The van der Waals surface area contributed by atoms with Gasteiger partial charge in [0.1, 0.15) is 17.3 Å². The van der Waals surface area contributed by atoms with E-state index in [0.29, 0.717) is 29.4 Å². The van der Waals surface area contributed by atoms with Gasteiger partial charge in [-0.05, 0) is 49.6 Å². The first-order valence-electron chi connectivity index (χ1n) is 10.3. The Morgan fingerprint density at radius 3 is 2.90 bits per heavy atom. The Bertz CT molecular complexity index is 1310. The van der Waals surface area contributed by atoms with Gasteiger partial charge in [0.05, 0.1) is 11.0 Å². The molecule has 2 aromatic carbocycles. The van der Waals surface area contributed by atoms with Gasteiger partial charge in [0.2, 0.25) is 0 Å². The van der Waals surface area contributed by atoms with Crippen LogP contribution in [-0.2, 0) is 26.3 Å². The highest BCUT2D eigenvalue weighted by Crippen LogP contribution is 2.28. The van der Waals surface area contributed by atoms with E-state index < -0.39 is 0 Å². The number of benzene rings is 2. The third-order valence-electron chi connectivity index (χ3n) is 5.80. The van der Waals surface area contributed by atoms with Gasteiger partial charge in [-0.15, -0.1) is 0 Å². The molecule has 1 N–H and O–H groups in total. The van der Waals surface area contributed by atoms with E-state index in [0.717, 1.165) is 47.4 Å². The largest absolute Gasteiger partial charge is 0.350 e. The first-order valence-corrected chi connectivity index (χ1v) is 10.7. The average Bonchev–Trinajstić information content (AvgIpc) is 3.43. The first-order chi connectivity index (χ1) is 15.0.